The molecule has 0 spiro atoms. The van der Waals surface area contributed by atoms with Crippen molar-refractivity contribution in [3.05, 3.63) is 35.7 Å². The summed E-state index contributed by atoms with van der Waals surface area (Å²) >= 11 is 0. The van der Waals surface area contributed by atoms with Crippen LogP contribution >= 0.6 is 0 Å². The number of phenolic OH excluding ortho intramolecular Hbond substituents is 1. The number of benzene rings is 1. The van der Waals surface area contributed by atoms with Crippen LogP contribution in [0.2, 0.25) is 0 Å². The Morgan fingerprint density at radius 2 is 1.88 bits per heavy atom. The van der Waals surface area contributed by atoms with Crippen LogP contribution in [0.5, 0.6) is 5.75 Å². The number of aromatic hydroxyl groups is 1. The van der Waals surface area contributed by atoms with E-state index in [-0.39, 0.29) is 0 Å². The van der Waals surface area contributed by atoms with Gasteiger partial charge in [0.1, 0.15) is 5.75 Å². The van der Waals surface area contributed by atoms with Crippen LogP contribution in [0.1, 0.15) is 11.1 Å². The lowest BCUT2D eigenvalue weighted by Crippen LogP contribution is -1.97. The highest BCUT2D eigenvalue weighted by atomic mass is 16.3. The van der Waals surface area contributed by atoms with Crippen molar-refractivity contribution in [1.29, 1.82) is 0 Å². The van der Waals surface area contributed by atoms with Gasteiger partial charge in [0.2, 0.25) is 0 Å². The summed E-state index contributed by atoms with van der Waals surface area (Å²) in [7, 11) is 0. The van der Waals surface area contributed by atoms with Crippen LogP contribution in [0.15, 0.2) is 18.2 Å². The molecule has 0 amide bonds. The molecule has 2 aliphatic carbocycles. The zero-order chi connectivity index (χ0) is 5.56. The smallest absolute Gasteiger partial charge is 0.123 e. The molecule has 2 radical (unpaired) electrons. The fourth-order valence-corrected chi connectivity index (χ4v) is 0.828. The molecule has 1 nitrogen and oxygen atoms in total. The Hall–Kier alpha value is -0.980. The molecule has 0 fully saturated rings. The standard InChI is InChI=1S/C7H4O/c8-7-5-2-1-3-6(7)4-5/h1-3,8H. The van der Waals surface area contributed by atoms with Crippen LogP contribution in [-0.2, 0) is 0 Å². The third-order valence-corrected chi connectivity index (χ3v) is 1.31. The number of hydrogen-bond acceptors (Lipinski definition) is 1. The van der Waals surface area contributed by atoms with Crippen LogP contribution < -0.4 is 0 Å². The van der Waals surface area contributed by atoms with Gasteiger partial charge in [-0.15, -0.1) is 0 Å². The lowest BCUT2D eigenvalue weighted by atomic mass is 9.91. The first-order valence-corrected chi connectivity index (χ1v) is 2.47. The van der Waals surface area contributed by atoms with Crippen LogP contribution in [-0.4, -0.2) is 5.11 Å². The average molecular weight is 104 g/mol. The zero-order valence-corrected chi connectivity index (χ0v) is 4.18. The summed E-state index contributed by atoms with van der Waals surface area (Å²) in [5.41, 5.74) is 1.67. The minimum Gasteiger partial charge on any atom is -0.507 e. The second-order valence-corrected chi connectivity index (χ2v) is 1.83. The lowest BCUT2D eigenvalue weighted by Gasteiger charge is -2.15. The topological polar surface area (TPSA) is 20.2 Å². The molecule has 1 N–H and O–H groups in total. The molecule has 0 aromatic heterocycles. The van der Waals surface area contributed by atoms with Gasteiger partial charge >= 0.3 is 0 Å². The van der Waals surface area contributed by atoms with Gasteiger partial charge in [-0.05, 0) is 0 Å². The Bertz CT molecular complexity index is 208. The van der Waals surface area contributed by atoms with Gasteiger partial charge in [-0.1, -0.05) is 18.2 Å². The Morgan fingerprint density at radius 3 is 2.12 bits per heavy atom. The van der Waals surface area contributed by atoms with Crippen LogP contribution in [0, 0.1) is 6.42 Å². The summed E-state index contributed by atoms with van der Waals surface area (Å²) in [5, 5.41) is 8.93. The molecule has 0 unspecified atom stereocenters. The third kappa shape index (κ3) is 0.280. The Balaban J connectivity index is 2.75. The second-order valence-electron chi connectivity index (χ2n) is 1.83. The summed E-state index contributed by atoms with van der Waals surface area (Å²) in [6.45, 7) is 0. The molecule has 0 heterocycles. The zero-order valence-electron chi connectivity index (χ0n) is 4.18. The Morgan fingerprint density at radius 1 is 1.25 bits per heavy atom. The van der Waals surface area contributed by atoms with Gasteiger partial charge in [0.25, 0.3) is 0 Å². The molecule has 1 aromatic rings. The second kappa shape index (κ2) is 1.05. The molecule has 0 atom stereocenters. The van der Waals surface area contributed by atoms with Gasteiger partial charge in [0.05, 0.1) is 6.42 Å². The first-order chi connectivity index (χ1) is 3.88. The van der Waals surface area contributed by atoms with Crippen molar-refractivity contribution in [2.45, 2.75) is 0 Å². The molecule has 1 heteroatoms. The number of hydrogen-bond donors (Lipinski definition) is 1. The van der Waals surface area contributed by atoms with Gasteiger partial charge < -0.3 is 5.11 Å². The highest BCUT2D eigenvalue weighted by molar-refractivity contribution is 5.62. The van der Waals surface area contributed by atoms with Crippen molar-refractivity contribution < 1.29 is 5.11 Å². The third-order valence-electron chi connectivity index (χ3n) is 1.31. The van der Waals surface area contributed by atoms with Gasteiger partial charge in [0.15, 0.2) is 0 Å². The summed E-state index contributed by atoms with van der Waals surface area (Å²) in [5.74, 6) is 0.396. The van der Waals surface area contributed by atoms with Crippen molar-refractivity contribution in [2.24, 2.45) is 0 Å². The van der Waals surface area contributed by atoms with E-state index in [1.165, 1.54) is 0 Å². The maximum atomic E-state index is 8.93. The maximum Gasteiger partial charge on any atom is 0.123 e. The van der Waals surface area contributed by atoms with E-state index in [0.29, 0.717) is 5.75 Å². The normalized spacial score (nSPS) is 13.0. The molecule has 8 heavy (non-hydrogen) atoms. The van der Waals surface area contributed by atoms with E-state index < -0.39 is 0 Å². The van der Waals surface area contributed by atoms with Gasteiger partial charge in [0, 0.05) is 11.1 Å². The SMILES string of the molecule is Oc1c2cccc1[C]2. The summed E-state index contributed by atoms with van der Waals surface area (Å²) in [6, 6.07) is 5.57. The van der Waals surface area contributed by atoms with Crippen molar-refractivity contribution in [3.8, 4) is 5.75 Å². The van der Waals surface area contributed by atoms with Crippen LogP contribution in [0.25, 0.3) is 0 Å². The average Bonchev–Trinajstić information content (AvgIpc) is 1.89. The van der Waals surface area contributed by atoms with E-state index in [2.05, 4.69) is 6.42 Å². The molecule has 3 rings (SSSR count). The van der Waals surface area contributed by atoms with Crippen molar-refractivity contribution in [3.63, 3.8) is 0 Å². The number of phenols is 1. The molecule has 0 saturated carbocycles. The first-order valence-electron chi connectivity index (χ1n) is 2.47. The predicted octanol–water partition coefficient (Wildman–Crippen LogP) is 1.18. The highest BCUT2D eigenvalue weighted by Crippen LogP contribution is 2.36. The van der Waals surface area contributed by atoms with Crippen molar-refractivity contribution >= 4 is 0 Å². The quantitative estimate of drug-likeness (QED) is 0.532. The van der Waals surface area contributed by atoms with E-state index in [1.54, 1.807) is 0 Å². The van der Waals surface area contributed by atoms with Crippen LogP contribution in [0.3, 0.4) is 0 Å². The van der Waals surface area contributed by atoms with Gasteiger partial charge in [-0.3, -0.25) is 0 Å². The van der Waals surface area contributed by atoms with E-state index >= 15 is 0 Å². The van der Waals surface area contributed by atoms with E-state index in [1.807, 2.05) is 18.2 Å². The molecule has 0 saturated heterocycles. The van der Waals surface area contributed by atoms with E-state index in [0.717, 1.165) is 11.1 Å². The lowest BCUT2D eigenvalue weighted by molar-refractivity contribution is 0.460. The monoisotopic (exact) mass is 104 g/mol. The first kappa shape index (κ1) is 3.96. The van der Waals surface area contributed by atoms with Gasteiger partial charge in [-0.2, -0.15) is 0 Å². The molecule has 38 valence electrons. The predicted molar refractivity (Wildman–Crippen MR) is 29.6 cm³/mol. The number of rotatable bonds is 0. The van der Waals surface area contributed by atoms with Crippen molar-refractivity contribution in [1.82, 2.24) is 0 Å². The highest BCUT2D eigenvalue weighted by Gasteiger charge is 2.17. The number of fused-ring (bicyclic) bond motifs is 2. The van der Waals surface area contributed by atoms with Crippen LogP contribution in [0.4, 0.5) is 0 Å². The molecule has 1 aromatic carbocycles. The Labute approximate surface area is 47.6 Å². The summed E-state index contributed by atoms with van der Waals surface area (Å²) in [6.07, 6.45) is 2.93. The van der Waals surface area contributed by atoms with E-state index in [9.17, 15) is 0 Å². The summed E-state index contributed by atoms with van der Waals surface area (Å²) < 4.78 is 0. The fourth-order valence-electron chi connectivity index (χ4n) is 0.828. The fraction of sp³-hybridized carbons (Fsp3) is 0. The largest absolute Gasteiger partial charge is 0.507 e. The summed E-state index contributed by atoms with van der Waals surface area (Å²) in [4.78, 5) is 0. The maximum absolute atomic E-state index is 8.93. The van der Waals surface area contributed by atoms with E-state index in [4.69, 9.17) is 5.11 Å². The number of para-hydroxylation sites is 1. The molecule has 2 aliphatic rings. The van der Waals surface area contributed by atoms with Crippen molar-refractivity contribution in [2.75, 3.05) is 0 Å². The molecular weight excluding hydrogens is 100 g/mol. The molecule has 0 aliphatic heterocycles. The Kier molecular flexibility index (Phi) is 0.519. The minimum atomic E-state index is 0.396. The molecule has 2 bridgehead atoms. The van der Waals surface area contributed by atoms with Gasteiger partial charge in [-0.25, -0.2) is 0 Å². The minimum absolute atomic E-state index is 0.396. The molecular formula is C7H4O.